The van der Waals surface area contributed by atoms with Crippen molar-refractivity contribution in [1.82, 2.24) is 20.3 Å². The fourth-order valence-electron chi connectivity index (χ4n) is 3.75. The summed E-state index contributed by atoms with van der Waals surface area (Å²) in [6, 6.07) is 17.7. The lowest BCUT2D eigenvalue weighted by atomic mass is 9.94. The van der Waals surface area contributed by atoms with Crippen LogP contribution in [0.2, 0.25) is 5.02 Å². The van der Waals surface area contributed by atoms with Crippen LogP contribution in [0.4, 0.5) is 0 Å². The summed E-state index contributed by atoms with van der Waals surface area (Å²) in [7, 11) is 0. The molecule has 7 heteroatoms. The molecule has 1 amide bonds. The van der Waals surface area contributed by atoms with Crippen LogP contribution in [-0.4, -0.2) is 33.5 Å². The maximum Gasteiger partial charge on any atom is 0.223 e. The number of benzene rings is 2. The molecule has 2 bridgehead atoms. The minimum absolute atomic E-state index is 0.0282. The van der Waals surface area contributed by atoms with Crippen LogP contribution in [0.25, 0.3) is 0 Å². The second kappa shape index (κ2) is 9.87. The molecule has 6 nitrogen and oxygen atoms in total. The van der Waals surface area contributed by atoms with Crippen LogP contribution in [0, 0.1) is 5.92 Å². The van der Waals surface area contributed by atoms with E-state index in [1.165, 1.54) is 0 Å². The number of nitrogens with one attached hydrogen (secondary N) is 1. The van der Waals surface area contributed by atoms with Crippen LogP contribution in [0.3, 0.4) is 0 Å². The number of carbonyl (C=O) groups excluding carboxylic acids is 1. The Morgan fingerprint density at radius 1 is 1.10 bits per heavy atom. The molecule has 2 heterocycles. The van der Waals surface area contributed by atoms with Crippen LogP contribution >= 0.6 is 11.6 Å². The fourth-order valence-corrected chi connectivity index (χ4v) is 3.96. The lowest BCUT2D eigenvalue weighted by molar-refractivity contribution is -0.126. The van der Waals surface area contributed by atoms with Gasteiger partial charge in [0.15, 0.2) is 0 Å². The van der Waals surface area contributed by atoms with E-state index >= 15 is 0 Å². The molecule has 1 aliphatic rings. The quantitative estimate of drug-likeness (QED) is 0.696. The van der Waals surface area contributed by atoms with E-state index in [1.807, 2.05) is 48.7 Å². The summed E-state index contributed by atoms with van der Waals surface area (Å²) < 4.78 is 7.64. The summed E-state index contributed by atoms with van der Waals surface area (Å²) in [6.07, 6.45) is 3.89. The van der Waals surface area contributed by atoms with Crippen LogP contribution in [0.15, 0.2) is 60.8 Å². The molecule has 0 radical (unpaired) electrons. The summed E-state index contributed by atoms with van der Waals surface area (Å²) in [5.41, 5.74) is 3.01. The molecule has 0 fully saturated rings. The number of halogens is 1. The van der Waals surface area contributed by atoms with Crippen LogP contribution < -0.4 is 5.32 Å². The topological polar surface area (TPSA) is 69.0 Å². The zero-order valence-corrected chi connectivity index (χ0v) is 17.5. The highest BCUT2D eigenvalue weighted by Gasteiger charge is 2.23. The van der Waals surface area contributed by atoms with Crippen molar-refractivity contribution in [2.24, 2.45) is 5.92 Å². The number of aryl methyl sites for hydroxylation is 1. The smallest absolute Gasteiger partial charge is 0.223 e. The van der Waals surface area contributed by atoms with Gasteiger partial charge >= 0.3 is 0 Å². The monoisotopic (exact) mass is 424 g/mol. The SMILES string of the molecule is O=C1N[C@@H](Cc2ccccc2)COCc2cn(nn2)CC[C@H]1Cc1cccc(Cl)c1. The van der Waals surface area contributed by atoms with E-state index in [4.69, 9.17) is 16.3 Å². The molecule has 0 saturated carbocycles. The van der Waals surface area contributed by atoms with Crippen LogP contribution in [-0.2, 0) is 35.5 Å². The zero-order valence-electron chi connectivity index (χ0n) is 16.7. The Morgan fingerprint density at radius 2 is 1.93 bits per heavy atom. The summed E-state index contributed by atoms with van der Waals surface area (Å²) >= 11 is 6.15. The van der Waals surface area contributed by atoms with E-state index in [-0.39, 0.29) is 17.9 Å². The third kappa shape index (κ3) is 5.68. The molecule has 0 aliphatic carbocycles. The largest absolute Gasteiger partial charge is 0.373 e. The second-order valence-electron chi connectivity index (χ2n) is 7.70. The van der Waals surface area contributed by atoms with Gasteiger partial charge in [0.05, 0.1) is 25.5 Å². The van der Waals surface area contributed by atoms with Gasteiger partial charge in [-0.3, -0.25) is 9.48 Å². The fraction of sp³-hybridized carbons (Fsp3) is 0.348. The first-order valence-corrected chi connectivity index (χ1v) is 10.6. The van der Waals surface area contributed by atoms with E-state index in [1.54, 1.807) is 4.68 Å². The number of amides is 1. The van der Waals surface area contributed by atoms with Gasteiger partial charge in [0.1, 0.15) is 5.69 Å². The standard InChI is InChI=1S/C23H25ClN4O2/c24-20-8-4-7-18(12-20)11-19-9-10-28-14-22(26-27-28)16-30-15-21(25-23(19)29)13-17-5-2-1-3-6-17/h1-8,12,14,19,21H,9-11,13,15-16H2,(H,25,29)/t19-,21-/m0/s1. The molecule has 2 aromatic carbocycles. The van der Waals surface area contributed by atoms with E-state index in [0.717, 1.165) is 16.8 Å². The first-order valence-electron chi connectivity index (χ1n) is 10.2. The van der Waals surface area contributed by atoms with E-state index in [2.05, 4.69) is 27.8 Å². The number of hydrogen-bond acceptors (Lipinski definition) is 4. The second-order valence-corrected chi connectivity index (χ2v) is 8.14. The molecule has 0 saturated heterocycles. The molecule has 0 spiro atoms. The molecule has 2 atom stereocenters. The Bertz CT molecular complexity index is 976. The summed E-state index contributed by atoms with van der Waals surface area (Å²) in [6.45, 7) is 1.42. The summed E-state index contributed by atoms with van der Waals surface area (Å²) in [5, 5.41) is 12.2. The Kier molecular flexibility index (Phi) is 6.77. The minimum atomic E-state index is -0.200. The van der Waals surface area contributed by atoms with Crippen molar-refractivity contribution in [2.45, 2.75) is 38.5 Å². The first kappa shape index (κ1) is 20.6. The normalized spacial score (nSPS) is 20.1. The lowest BCUT2D eigenvalue weighted by Gasteiger charge is -2.23. The number of fused-ring (bicyclic) bond motifs is 2. The molecule has 1 aromatic heterocycles. The van der Waals surface area contributed by atoms with Crippen LogP contribution in [0.1, 0.15) is 23.2 Å². The van der Waals surface area contributed by atoms with Gasteiger partial charge < -0.3 is 10.1 Å². The number of ether oxygens (including phenoxy) is 1. The molecule has 1 aliphatic heterocycles. The van der Waals surface area contributed by atoms with Crippen molar-refractivity contribution in [3.05, 3.63) is 82.6 Å². The van der Waals surface area contributed by atoms with Crippen molar-refractivity contribution in [3.8, 4) is 0 Å². The van der Waals surface area contributed by atoms with E-state index < -0.39 is 0 Å². The Balaban J connectivity index is 1.54. The lowest BCUT2D eigenvalue weighted by Crippen LogP contribution is -2.43. The van der Waals surface area contributed by atoms with Crippen molar-refractivity contribution in [3.63, 3.8) is 0 Å². The molecule has 30 heavy (non-hydrogen) atoms. The van der Waals surface area contributed by atoms with Gasteiger partial charge in [0.2, 0.25) is 5.91 Å². The van der Waals surface area contributed by atoms with Crippen LogP contribution in [0.5, 0.6) is 0 Å². The van der Waals surface area contributed by atoms with Crippen molar-refractivity contribution in [1.29, 1.82) is 0 Å². The predicted octanol–water partition coefficient (Wildman–Crippen LogP) is 3.44. The number of aromatic nitrogens is 3. The number of rotatable bonds is 4. The molecular formula is C23H25ClN4O2. The summed E-state index contributed by atoms with van der Waals surface area (Å²) in [5.74, 6) is -0.172. The average Bonchev–Trinajstić information content (AvgIpc) is 3.19. The maximum atomic E-state index is 13.2. The number of nitrogens with zero attached hydrogens (tertiary/aromatic N) is 3. The molecule has 0 unspecified atom stereocenters. The maximum absolute atomic E-state index is 13.2. The molecule has 156 valence electrons. The molecule has 3 aromatic rings. The third-order valence-corrected chi connectivity index (χ3v) is 5.51. The predicted molar refractivity (Wildman–Crippen MR) is 115 cm³/mol. The van der Waals surface area contributed by atoms with Gasteiger partial charge in [-0.2, -0.15) is 0 Å². The van der Waals surface area contributed by atoms with Gasteiger partial charge in [-0.15, -0.1) is 5.10 Å². The molecular weight excluding hydrogens is 400 g/mol. The highest BCUT2D eigenvalue weighted by Crippen LogP contribution is 2.19. The van der Waals surface area contributed by atoms with Crippen molar-refractivity contribution in [2.75, 3.05) is 6.61 Å². The van der Waals surface area contributed by atoms with E-state index in [0.29, 0.717) is 44.0 Å². The average molecular weight is 425 g/mol. The highest BCUT2D eigenvalue weighted by atomic mass is 35.5. The first-order chi connectivity index (χ1) is 14.7. The highest BCUT2D eigenvalue weighted by molar-refractivity contribution is 6.30. The van der Waals surface area contributed by atoms with Gasteiger partial charge in [-0.05, 0) is 42.5 Å². The summed E-state index contributed by atoms with van der Waals surface area (Å²) in [4.78, 5) is 13.2. The Labute approximate surface area is 181 Å². The zero-order chi connectivity index (χ0) is 20.8. The molecule has 1 N–H and O–H groups in total. The van der Waals surface area contributed by atoms with Crippen molar-refractivity contribution < 1.29 is 9.53 Å². The third-order valence-electron chi connectivity index (χ3n) is 5.27. The van der Waals surface area contributed by atoms with Gasteiger partial charge in [0.25, 0.3) is 0 Å². The number of carbonyl (C=O) groups is 1. The van der Waals surface area contributed by atoms with Crippen molar-refractivity contribution >= 4 is 17.5 Å². The van der Waals surface area contributed by atoms with Gasteiger partial charge in [-0.1, -0.05) is 59.3 Å². The minimum Gasteiger partial charge on any atom is -0.373 e. The van der Waals surface area contributed by atoms with Gasteiger partial charge in [0, 0.05) is 17.5 Å². The van der Waals surface area contributed by atoms with E-state index in [9.17, 15) is 4.79 Å². The number of hydrogen-bond donors (Lipinski definition) is 1. The Hall–Kier alpha value is -2.70. The molecule has 4 rings (SSSR count). The van der Waals surface area contributed by atoms with Gasteiger partial charge in [-0.25, -0.2) is 0 Å². The Morgan fingerprint density at radius 3 is 2.77 bits per heavy atom.